The molecule has 2 rings (SSSR count). The lowest BCUT2D eigenvalue weighted by Gasteiger charge is -2.21. The Morgan fingerprint density at radius 2 is 2.11 bits per heavy atom. The van der Waals surface area contributed by atoms with Gasteiger partial charge in [0.1, 0.15) is 5.75 Å². The van der Waals surface area contributed by atoms with Gasteiger partial charge in [-0.2, -0.15) is 0 Å². The normalized spacial score (nSPS) is 15.7. The third-order valence-corrected chi connectivity index (χ3v) is 3.53. The molecule has 0 radical (unpaired) electrons. The van der Waals surface area contributed by atoms with Crippen LogP contribution in [0.1, 0.15) is 24.0 Å². The van der Waals surface area contributed by atoms with Crippen molar-refractivity contribution in [3.63, 3.8) is 0 Å². The van der Waals surface area contributed by atoms with Crippen LogP contribution in [-0.2, 0) is 6.54 Å². The average molecular weight is 261 g/mol. The van der Waals surface area contributed by atoms with Crippen molar-refractivity contribution in [1.82, 2.24) is 10.2 Å². The van der Waals surface area contributed by atoms with Crippen molar-refractivity contribution in [1.29, 1.82) is 0 Å². The average Bonchev–Trinajstić information content (AvgIpc) is 2.94. The lowest BCUT2D eigenvalue weighted by atomic mass is 10.1. The second-order valence-electron chi connectivity index (χ2n) is 4.90. The van der Waals surface area contributed by atoms with Gasteiger partial charge >= 0.3 is 0 Å². The van der Waals surface area contributed by atoms with Gasteiger partial charge in [0, 0.05) is 26.7 Å². The molecule has 1 aliphatic rings. The Morgan fingerprint density at radius 3 is 2.68 bits per heavy atom. The summed E-state index contributed by atoms with van der Waals surface area (Å²) in [5.41, 5.74) is 2.41. The number of ether oxygens (including phenoxy) is 1. The first-order chi connectivity index (χ1) is 9.24. The molecular formula is C15H23N3O. The number of aliphatic imine (C=N–C) groups is 1. The van der Waals surface area contributed by atoms with E-state index in [-0.39, 0.29) is 0 Å². The first-order valence-electron chi connectivity index (χ1n) is 6.83. The van der Waals surface area contributed by atoms with Gasteiger partial charge in [-0.15, -0.1) is 0 Å². The molecule has 0 spiro atoms. The molecule has 104 valence electrons. The number of guanidine groups is 1. The molecule has 1 fully saturated rings. The standard InChI is InChI=1S/C15H23N3O/c1-12-10-13(6-7-14(12)19-3)11-17-15(16-2)18-8-4-5-9-18/h6-7,10H,4-5,8-9,11H2,1-3H3,(H,16,17). The van der Waals surface area contributed by atoms with Crippen LogP contribution in [0.25, 0.3) is 0 Å². The Kier molecular flexibility index (Phi) is 4.66. The summed E-state index contributed by atoms with van der Waals surface area (Å²) in [5.74, 6) is 1.94. The van der Waals surface area contributed by atoms with Crippen LogP contribution in [0.5, 0.6) is 5.75 Å². The lowest BCUT2D eigenvalue weighted by molar-refractivity contribution is 0.411. The number of nitrogens with zero attached hydrogens (tertiary/aromatic N) is 2. The van der Waals surface area contributed by atoms with Gasteiger partial charge in [-0.05, 0) is 37.0 Å². The van der Waals surface area contributed by atoms with Gasteiger partial charge in [0.25, 0.3) is 0 Å². The second kappa shape index (κ2) is 6.45. The Hall–Kier alpha value is -1.71. The zero-order chi connectivity index (χ0) is 13.7. The molecule has 0 bridgehead atoms. The molecule has 1 aromatic carbocycles. The van der Waals surface area contributed by atoms with Gasteiger partial charge in [-0.3, -0.25) is 4.99 Å². The maximum atomic E-state index is 5.28. The summed E-state index contributed by atoms with van der Waals surface area (Å²) < 4.78 is 5.28. The molecule has 0 amide bonds. The first kappa shape index (κ1) is 13.7. The molecule has 0 saturated carbocycles. The first-order valence-corrected chi connectivity index (χ1v) is 6.83. The van der Waals surface area contributed by atoms with Crippen LogP contribution in [0, 0.1) is 6.92 Å². The third kappa shape index (κ3) is 3.40. The molecule has 4 heteroatoms. The number of nitrogens with one attached hydrogen (secondary N) is 1. The predicted octanol–water partition coefficient (Wildman–Crippen LogP) is 2.17. The zero-order valence-electron chi connectivity index (χ0n) is 12.1. The van der Waals surface area contributed by atoms with E-state index in [0.717, 1.165) is 36.9 Å². The van der Waals surface area contributed by atoms with E-state index in [1.54, 1.807) is 7.11 Å². The smallest absolute Gasteiger partial charge is 0.193 e. The van der Waals surface area contributed by atoms with Crippen molar-refractivity contribution in [3.8, 4) is 5.75 Å². The van der Waals surface area contributed by atoms with E-state index in [4.69, 9.17) is 4.74 Å². The maximum Gasteiger partial charge on any atom is 0.193 e. The minimum absolute atomic E-state index is 0.800. The van der Waals surface area contributed by atoms with Gasteiger partial charge in [-0.25, -0.2) is 0 Å². The van der Waals surface area contributed by atoms with Crippen LogP contribution >= 0.6 is 0 Å². The highest BCUT2D eigenvalue weighted by Gasteiger charge is 2.15. The summed E-state index contributed by atoms with van der Waals surface area (Å²) in [6.07, 6.45) is 2.53. The Balaban J connectivity index is 1.95. The Morgan fingerprint density at radius 1 is 1.37 bits per heavy atom. The monoisotopic (exact) mass is 261 g/mol. The second-order valence-corrected chi connectivity index (χ2v) is 4.90. The van der Waals surface area contributed by atoms with E-state index in [2.05, 4.69) is 34.3 Å². The summed E-state index contributed by atoms with van der Waals surface area (Å²) in [4.78, 5) is 6.66. The fourth-order valence-corrected chi connectivity index (χ4v) is 2.49. The van der Waals surface area contributed by atoms with Gasteiger partial charge in [0.15, 0.2) is 5.96 Å². The van der Waals surface area contributed by atoms with Crippen LogP contribution in [0.4, 0.5) is 0 Å². The molecule has 0 aromatic heterocycles. The highest BCUT2D eigenvalue weighted by Crippen LogP contribution is 2.18. The number of aryl methyl sites for hydroxylation is 1. The maximum absolute atomic E-state index is 5.28. The molecule has 1 saturated heterocycles. The minimum atomic E-state index is 0.800. The summed E-state index contributed by atoms with van der Waals surface area (Å²) in [6.45, 7) is 5.09. The molecule has 19 heavy (non-hydrogen) atoms. The highest BCUT2D eigenvalue weighted by molar-refractivity contribution is 5.80. The van der Waals surface area contributed by atoms with Gasteiger partial charge in [-0.1, -0.05) is 12.1 Å². The van der Waals surface area contributed by atoms with E-state index >= 15 is 0 Å². The van der Waals surface area contributed by atoms with E-state index in [1.165, 1.54) is 18.4 Å². The van der Waals surface area contributed by atoms with Gasteiger partial charge in [0.2, 0.25) is 0 Å². The largest absolute Gasteiger partial charge is 0.496 e. The molecule has 0 aliphatic carbocycles. The van der Waals surface area contributed by atoms with Crippen molar-refractivity contribution in [2.75, 3.05) is 27.2 Å². The van der Waals surface area contributed by atoms with Crippen LogP contribution in [0.3, 0.4) is 0 Å². The van der Waals surface area contributed by atoms with E-state index in [9.17, 15) is 0 Å². The van der Waals surface area contributed by atoms with Crippen LogP contribution in [-0.4, -0.2) is 38.1 Å². The fraction of sp³-hybridized carbons (Fsp3) is 0.533. The van der Waals surface area contributed by atoms with Gasteiger partial charge in [0.05, 0.1) is 7.11 Å². The quantitative estimate of drug-likeness (QED) is 0.669. The number of hydrogen-bond donors (Lipinski definition) is 1. The highest BCUT2D eigenvalue weighted by atomic mass is 16.5. The number of likely N-dealkylation sites (tertiary alicyclic amines) is 1. The van der Waals surface area contributed by atoms with E-state index in [0.29, 0.717) is 0 Å². The van der Waals surface area contributed by atoms with Crippen molar-refractivity contribution in [2.24, 2.45) is 4.99 Å². The number of hydrogen-bond acceptors (Lipinski definition) is 2. The molecule has 1 aromatic rings. The van der Waals surface area contributed by atoms with E-state index in [1.807, 2.05) is 13.1 Å². The lowest BCUT2D eigenvalue weighted by Crippen LogP contribution is -2.39. The number of rotatable bonds is 3. The van der Waals surface area contributed by atoms with Crippen molar-refractivity contribution in [2.45, 2.75) is 26.3 Å². The van der Waals surface area contributed by atoms with E-state index < -0.39 is 0 Å². The Bertz CT molecular complexity index is 451. The molecular weight excluding hydrogens is 238 g/mol. The zero-order valence-corrected chi connectivity index (χ0v) is 12.1. The fourth-order valence-electron chi connectivity index (χ4n) is 2.49. The minimum Gasteiger partial charge on any atom is -0.496 e. The summed E-state index contributed by atoms with van der Waals surface area (Å²) in [5, 5.41) is 3.43. The molecule has 1 aliphatic heterocycles. The van der Waals surface area contributed by atoms with Crippen LogP contribution in [0.15, 0.2) is 23.2 Å². The molecule has 4 nitrogen and oxygen atoms in total. The van der Waals surface area contributed by atoms with Crippen molar-refractivity contribution >= 4 is 5.96 Å². The third-order valence-electron chi connectivity index (χ3n) is 3.53. The number of benzene rings is 1. The Labute approximate surface area is 115 Å². The summed E-state index contributed by atoms with van der Waals surface area (Å²) in [6, 6.07) is 6.27. The van der Waals surface area contributed by atoms with Crippen LogP contribution < -0.4 is 10.1 Å². The number of methoxy groups -OCH3 is 1. The molecule has 0 atom stereocenters. The molecule has 1 heterocycles. The van der Waals surface area contributed by atoms with Crippen molar-refractivity contribution in [3.05, 3.63) is 29.3 Å². The van der Waals surface area contributed by atoms with Crippen LogP contribution in [0.2, 0.25) is 0 Å². The summed E-state index contributed by atoms with van der Waals surface area (Å²) >= 11 is 0. The summed E-state index contributed by atoms with van der Waals surface area (Å²) in [7, 11) is 3.55. The molecule has 0 unspecified atom stereocenters. The molecule has 1 N–H and O–H groups in total. The van der Waals surface area contributed by atoms with Crippen molar-refractivity contribution < 1.29 is 4.74 Å². The van der Waals surface area contributed by atoms with Gasteiger partial charge < -0.3 is 15.0 Å². The predicted molar refractivity (Wildman–Crippen MR) is 78.7 cm³/mol. The topological polar surface area (TPSA) is 36.9 Å². The SMILES string of the molecule is CN=C(NCc1ccc(OC)c(C)c1)N1CCCC1.